The minimum atomic E-state index is -0.0724. The summed E-state index contributed by atoms with van der Waals surface area (Å²) in [5.41, 5.74) is 4.56. The molecule has 26 heavy (non-hydrogen) atoms. The van der Waals surface area contributed by atoms with Crippen molar-refractivity contribution in [2.75, 3.05) is 13.1 Å². The lowest BCUT2D eigenvalue weighted by Crippen LogP contribution is -2.59. The van der Waals surface area contributed by atoms with Gasteiger partial charge in [-0.2, -0.15) is 0 Å². The van der Waals surface area contributed by atoms with Gasteiger partial charge in [-0.1, -0.05) is 38.0 Å². The molecule has 1 aromatic carbocycles. The van der Waals surface area contributed by atoms with E-state index in [1.807, 2.05) is 0 Å². The number of piperidine rings is 1. The number of unbranched alkanes of at least 4 members (excludes halogenated alkanes) is 1. The molecule has 3 heterocycles. The van der Waals surface area contributed by atoms with Crippen LogP contribution in [0.25, 0.3) is 10.9 Å². The van der Waals surface area contributed by atoms with Crippen molar-refractivity contribution in [1.29, 1.82) is 0 Å². The molecule has 3 nitrogen and oxygen atoms in total. The number of benzene rings is 1. The van der Waals surface area contributed by atoms with Crippen LogP contribution < -0.4 is 0 Å². The van der Waals surface area contributed by atoms with Crippen LogP contribution in [0.15, 0.2) is 24.3 Å². The quantitative estimate of drug-likeness (QED) is 0.848. The van der Waals surface area contributed by atoms with Crippen LogP contribution in [0.1, 0.15) is 63.1 Å². The average Bonchev–Trinajstić information content (AvgIpc) is 3.04. The number of hydrogen-bond acceptors (Lipinski definition) is 2. The Morgan fingerprint density at radius 2 is 2.12 bits per heavy atom. The van der Waals surface area contributed by atoms with Gasteiger partial charge in [0, 0.05) is 29.7 Å². The Bertz CT molecular complexity index is 797. The molecule has 5 rings (SSSR count). The molecule has 1 aromatic heterocycles. The number of hydrogen-bond donors (Lipinski definition) is 2. The molecule has 3 aliphatic rings. The van der Waals surface area contributed by atoms with E-state index in [1.54, 1.807) is 5.56 Å². The van der Waals surface area contributed by atoms with Crippen molar-refractivity contribution in [3.8, 4) is 0 Å². The zero-order valence-corrected chi connectivity index (χ0v) is 16.0. The normalized spacial score (nSPS) is 34.3. The van der Waals surface area contributed by atoms with Crippen molar-refractivity contribution >= 4 is 10.9 Å². The van der Waals surface area contributed by atoms with Crippen LogP contribution in [0.4, 0.5) is 0 Å². The highest BCUT2D eigenvalue weighted by Gasteiger charge is 2.51. The zero-order chi connectivity index (χ0) is 17.7. The Balaban J connectivity index is 1.61. The number of aliphatic hydroxyl groups excluding tert-OH is 1. The van der Waals surface area contributed by atoms with E-state index in [4.69, 9.17) is 0 Å². The van der Waals surface area contributed by atoms with Gasteiger partial charge in [0.2, 0.25) is 0 Å². The summed E-state index contributed by atoms with van der Waals surface area (Å²) in [5, 5.41) is 11.7. The fourth-order valence-electron chi connectivity index (χ4n) is 6.34. The largest absolute Gasteiger partial charge is 0.393 e. The highest BCUT2D eigenvalue weighted by atomic mass is 16.3. The number of aliphatic hydroxyl groups is 1. The van der Waals surface area contributed by atoms with Crippen LogP contribution in [-0.4, -0.2) is 34.2 Å². The predicted molar refractivity (Wildman–Crippen MR) is 106 cm³/mol. The monoisotopic (exact) mass is 352 g/mol. The number of para-hydroxylation sites is 1. The summed E-state index contributed by atoms with van der Waals surface area (Å²) in [6.45, 7) is 4.74. The summed E-state index contributed by atoms with van der Waals surface area (Å²) in [5.74, 6) is 1.48. The number of nitrogens with zero attached hydrogens (tertiary/aromatic N) is 1. The van der Waals surface area contributed by atoms with Crippen molar-refractivity contribution in [2.24, 2.45) is 11.8 Å². The van der Waals surface area contributed by atoms with Crippen LogP contribution in [0.5, 0.6) is 0 Å². The third-order valence-electron chi connectivity index (χ3n) is 7.63. The zero-order valence-electron chi connectivity index (χ0n) is 16.0. The van der Waals surface area contributed by atoms with Gasteiger partial charge in [0.1, 0.15) is 0 Å². The third kappa shape index (κ3) is 2.47. The Labute approximate surface area is 156 Å². The molecular formula is C23H32N2O. The van der Waals surface area contributed by atoms with E-state index in [2.05, 4.69) is 41.1 Å². The maximum Gasteiger partial charge on any atom is 0.0617 e. The fraction of sp³-hybridized carbons (Fsp3) is 0.652. The highest BCUT2D eigenvalue weighted by molar-refractivity contribution is 5.85. The van der Waals surface area contributed by atoms with Gasteiger partial charge in [-0.05, 0) is 62.0 Å². The molecule has 0 bridgehead atoms. The van der Waals surface area contributed by atoms with Gasteiger partial charge in [0.15, 0.2) is 0 Å². The van der Waals surface area contributed by atoms with Crippen LogP contribution in [0, 0.1) is 11.8 Å². The van der Waals surface area contributed by atoms with Gasteiger partial charge in [-0.3, -0.25) is 4.90 Å². The van der Waals surface area contributed by atoms with Gasteiger partial charge >= 0.3 is 0 Å². The molecule has 2 N–H and O–H groups in total. The van der Waals surface area contributed by atoms with Crippen molar-refractivity contribution in [3.05, 3.63) is 35.5 Å². The van der Waals surface area contributed by atoms with E-state index < -0.39 is 0 Å². The molecule has 0 radical (unpaired) electrons. The van der Waals surface area contributed by atoms with E-state index in [0.717, 1.165) is 18.8 Å². The smallest absolute Gasteiger partial charge is 0.0617 e. The highest BCUT2D eigenvalue weighted by Crippen LogP contribution is 2.52. The van der Waals surface area contributed by atoms with Gasteiger partial charge in [-0.15, -0.1) is 0 Å². The fourth-order valence-corrected chi connectivity index (χ4v) is 6.34. The summed E-state index contributed by atoms with van der Waals surface area (Å²) >= 11 is 0. The minimum absolute atomic E-state index is 0.0724. The van der Waals surface area contributed by atoms with Crippen LogP contribution in [-0.2, 0) is 12.0 Å². The van der Waals surface area contributed by atoms with E-state index in [0.29, 0.717) is 5.92 Å². The molecule has 0 spiro atoms. The second-order valence-corrected chi connectivity index (χ2v) is 9.05. The minimum Gasteiger partial charge on any atom is -0.393 e. The van der Waals surface area contributed by atoms with E-state index in [-0.39, 0.29) is 11.6 Å². The number of fused-ring (bicyclic) bond motifs is 6. The van der Waals surface area contributed by atoms with E-state index >= 15 is 0 Å². The number of aromatic nitrogens is 1. The molecule has 1 aliphatic carbocycles. The molecule has 4 atom stereocenters. The number of nitrogens with one attached hydrogen (secondary N) is 1. The number of aromatic amines is 1. The first-order valence-electron chi connectivity index (χ1n) is 10.7. The summed E-state index contributed by atoms with van der Waals surface area (Å²) in [6.07, 6.45) is 9.36. The van der Waals surface area contributed by atoms with Crippen LogP contribution >= 0.6 is 0 Å². The number of H-pyrrole nitrogens is 1. The SMILES string of the molecule is CCCC[C@@]12CC3C[C@H](O)CCC3CN1CCc1c2[nH]c2ccccc12. The second kappa shape index (κ2) is 6.38. The standard InChI is InChI=1S/C23H32N2O/c1-2-3-11-23-14-17-13-18(26)9-8-16(17)15-25(23)12-10-20-19-6-4-5-7-21(19)24-22(20)23/h4-7,16-18,24,26H,2-3,8-15H2,1H3/t16?,17?,18-,23+/m1/s1. The Kier molecular flexibility index (Phi) is 4.13. The molecule has 2 unspecified atom stereocenters. The summed E-state index contributed by atoms with van der Waals surface area (Å²) in [4.78, 5) is 6.70. The van der Waals surface area contributed by atoms with Gasteiger partial charge < -0.3 is 10.1 Å². The molecule has 0 amide bonds. The van der Waals surface area contributed by atoms with Crippen molar-refractivity contribution in [2.45, 2.75) is 69.9 Å². The lowest BCUT2D eigenvalue weighted by molar-refractivity contribution is -0.0677. The molecule has 1 saturated carbocycles. The topological polar surface area (TPSA) is 39.3 Å². The molecular weight excluding hydrogens is 320 g/mol. The van der Waals surface area contributed by atoms with Gasteiger partial charge in [0.25, 0.3) is 0 Å². The maximum atomic E-state index is 10.3. The Morgan fingerprint density at radius 3 is 3.00 bits per heavy atom. The first-order chi connectivity index (χ1) is 12.7. The number of rotatable bonds is 3. The molecule has 2 aliphatic heterocycles. The van der Waals surface area contributed by atoms with Crippen LogP contribution in [0.2, 0.25) is 0 Å². The molecule has 2 fully saturated rings. The average molecular weight is 353 g/mol. The lowest BCUT2D eigenvalue weighted by Gasteiger charge is -2.56. The van der Waals surface area contributed by atoms with Crippen molar-refractivity contribution in [1.82, 2.24) is 9.88 Å². The lowest BCUT2D eigenvalue weighted by atomic mass is 9.64. The van der Waals surface area contributed by atoms with E-state index in [1.165, 1.54) is 68.2 Å². The second-order valence-electron chi connectivity index (χ2n) is 9.05. The van der Waals surface area contributed by atoms with Crippen LogP contribution in [0.3, 0.4) is 0 Å². The van der Waals surface area contributed by atoms with Gasteiger partial charge in [-0.25, -0.2) is 0 Å². The Morgan fingerprint density at radius 1 is 1.23 bits per heavy atom. The van der Waals surface area contributed by atoms with Gasteiger partial charge in [0.05, 0.1) is 11.6 Å². The Hall–Kier alpha value is -1.32. The summed E-state index contributed by atoms with van der Waals surface area (Å²) < 4.78 is 0. The third-order valence-corrected chi connectivity index (χ3v) is 7.63. The summed E-state index contributed by atoms with van der Waals surface area (Å²) in [7, 11) is 0. The maximum absolute atomic E-state index is 10.3. The molecule has 1 saturated heterocycles. The molecule has 140 valence electrons. The molecule has 3 heteroatoms. The first-order valence-corrected chi connectivity index (χ1v) is 10.7. The first kappa shape index (κ1) is 16.8. The molecule has 2 aromatic rings. The summed E-state index contributed by atoms with van der Waals surface area (Å²) in [6, 6.07) is 8.86. The predicted octanol–water partition coefficient (Wildman–Crippen LogP) is 4.59. The van der Waals surface area contributed by atoms with E-state index in [9.17, 15) is 5.11 Å². The van der Waals surface area contributed by atoms with Crippen molar-refractivity contribution in [3.63, 3.8) is 0 Å². The van der Waals surface area contributed by atoms with Crippen molar-refractivity contribution < 1.29 is 5.11 Å².